The Morgan fingerprint density at radius 3 is 2.20 bits per heavy atom. The predicted molar refractivity (Wildman–Crippen MR) is 80.9 cm³/mol. The minimum Gasteiger partial charge on any atom is -0.326 e. The molecule has 0 amide bonds. The summed E-state index contributed by atoms with van der Waals surface area (Å²) in [6, 6.07) is 9.75. The smallest absolute Gasteiger partial charge is 0.131 e. The summed E-state index contributed by atoms with van der Waals surface area (Å²) in [4.78, 5) is 0.327. The van der Waals surface area contributed by atoms with Crippen LogP contribution in [0.4, 0.5) is 4.39 Å². The lowest BCUT2D eigenvalue weighted by Crippen LogP contribution is -2.05. The molecule has 0 saturated carbocycles. The maximum absolute atomic E-state index is 14.1. The van der Waals surface area contributed by atoms with E-state index in [1.165, 1.54) is 0 Å². The first-order valence-corrected chi connectivity index (χ1v) is 7.90. The van der Waals surface area contributed by atoms with Crippen molar-refractivity contribution >= 4 is 34.0 Å². The van der Waals surface area contributed by atoms with Gasteiger partial charge in [-0.05, 0) is 12.1 Å². The highest BCUT2D eigenvalue weighted by Crippen LogP contribution is 2.29. The third-order valence-corrected chi connectivity index (χ3v) is 5.13. The molecule has 2 aromatic carbocycles. The lowest BCUT2D eigenvalue weighted by Gasteiger charge is -2.09. The first kappa shape index (κ1) is 15.4. The molecule has 106 valence electrons. The van der Waals surface area contributed by atoms with Crippen LogP contribution in [0.5, 0.6) is 0 Å². The molecule has 2 nitrogen and oxygen atoms in total. The van der Waals surface area contributed by atoms with E-state index >= 15 is 0 Å². The summed E-state index contributed by atoms with van der Waals surface area (Å²) < 4.78 is 26.4. The highest BCUT2D eigenvalue weighted by molar-refractivity contribution is 7.84. The first-order chi connectivity index (χ1) is 9.54. The van der Waals surface area contributed by atoms with E-state index in [1.54, 1.807) is 36.4 Å². The lowest BCUT2D eigenvalue weighted by atomic mass is 10.1. The molecular formula is C14H12Cl2FNOS. The van der Waals surface area contributed by atoms with Gasteiger partial charge in [0.1, 0.15) is 5.82 Å². The van der Waals surface area contributed by atoms with Gasteiger partial charge in [-0.15, -0.1) is 0 Å². The van der Waals surface area contributed by atoms with Gasteiger partial charge in [0.25, 0.3) is 0 Å². The maximum atomic E-state index is 14.1. The molecule has 20 heavy (non-hydrogen) atoms. The molecule has 0 aromatic heterocycles. The molecule has 2 N–H and O–H groups in total. The minimum atomic E-state index is -1.52. The SMILES string of the molecule is NCc1cccc(CS(=O)c2c(Cl)cccc2Cl)c1F. The Labute approximate surface area is 129 Å². The average Bonchev–Trinajstić information content (AvgIpc) is 2.41. The fraction of sp³-hybridized carbons (Fsp3) is 0.143. The first-order valence-electron chi connectivity index (χ1n) is 5.83. The zero-order valence-corrected chi connectivity index (χ0v) is 12.7. The van der Waals surface area contributed by atoms with Crippen LogP contribution in [0.1, 0.15) is 11.1 Å². The van der Waals surface area contributed by atoms with E-state index in [-0.39, 0.29) is 12.3 Å². The number of hydrogen-bond acceptors (Lipinski definition) is 2. The standard InChI is InChI=1S/C14H12Cl2FNOS/c15-11-5-2-6-12(16)14(11)20(19)8-10-4-1-3-9(7-18)13(10)17/h1-6H,7-8,18H2. The van der Waals surface area contributed by atoms with Crippen LogP contribution >= 0.6 is 23.2 Å². The molecule has 0 heterocycles. The summed E-state index contributed by atoms with van der Waals surface area (Å²) in [6.45, 7) is 0.0964. The van der Waals surface area contributed by atoms with E-state index in [0.717, 1.165) is 0 Å². The Morgan fingerprint density at radius 1 is 1.05 bits per heavy atom. The molecule has 2 rings (SSSR count). The van der Waals surface area contributed by atoms with E-state index in [9.17, 15) is 8.60 Å². The van der Waals surface area contributed by atoms with Gasteiger partial charge in [-0.1, -0.05) is 47.5 Å². The van der Waals surface area contributed by atoms with Crippen molar-refractivity contribution in [3.8, 4) is 0 Å². The molecule has 6 heteroatoms. The van der Waals surface area contributed by atoms with Crippen molar-refractivity contribution in [2.75, 3.05) is 0 Å². The number of nitrogens with two attached hydrogens (primary N) is 1. The summed E-state index contributed by atoms with van der Waals surface area (Å²) in [5.41, 5.74) is 6.18. The Hall–Kier alpha value is -0.940. The molecule has 2 aromatic rings. The van der Waals surface area contributed by atoms with Gasteiger partial charge in [-0.3, -0.25) is 4.21 Å². The van der Waals surface area contributed by atoms with Gasteiger partial charge in [-0.2, -0.15) is 0 Å². The second-order valence-corrected chi connectivity index (χ2v) is 6.34. The van der Waals surface area contributed by atoms with E-state index < -0.39 is 16.6 Å². The summed E-state index contributed by atoms with van der Waals surface area (Å²) in [7, 11) is -1.52. The molecule has 0 spiro atoms. The topological polar surface area (TPSA) is 43.1 Å². The molecule has 0 aliphatic rings. The molecular weight excluding hydrogens is 320 g/mol. The predicted octanol–water partition coefficient (Wildman–Crippen LogP) is 3.90. The van der Waals surface area contributed by atoms with Crippen LogP contribution in [0.25, 0.3) is 0 Å². The van der Waals surface area contributed by atoms with Gasteiger partial charge in [0.15, 0.2) is 0 Å². The number of hydrogen-bond donors (Lipinski definition) is 1. The molecule has 1 unspecified atom stereocenters. The normalized spacial score (nSPS) is 12.4. The quantitative estimate of drug-likeness (QED) is 0.923. The molecule has 0 radical (unpaired) electrons. The van der Waals surface area contributed by atoms with Gasteiger partial charge < -0.3 is 5.73 Å². The van der Waals surface area contributed by atoms with Crippen molar-refractivity contribution in [1.29, 1.82) is 0 Å². The lowest BCUT2D eigenvalue weighted by molar-refractivity contribution is 0.598. The van der Waals surface area contributed by atoms with Gasteiger partial charge in [0.05, 0.1) is 31.5 Å². The maximum Gasteiger partial charge on any atom is 0.131 e. The van der Waals surface area contributed by atoms with E-state index in [1.807, 2.05) is 0 Å². The zero-order chi connectivity index (χ0) is 14.7. The molecule has 0 bridgehead atoms. The van der Waals surface area contributed by atoms with Crippen LogP contribution in [0.3, 0.4) is 0 Å². The molecule has 0 fully saturated rings. The second-order valence-electron chi connectivity index (χ2n) is 4.14. The van der Waals surface area contributed by atoms with Crippen LogP contribution in [0.2, 0.25) is 10.0 Å². The largest absolute Gasteiger partial charge is 0.326 e. The monoisotopic (exact) mass is 331 g/mol. The van der Waals surface area contributed by atoms with Crippen molar-refractivity contribution in [3.63, 3.8) is 0 Å². The number of benzene rings is 2. The summed E-state index contributed by atoms with van der Waals surface area (Å²) >= 11 is 12.0. The van der Waals surface area contributed by atoms with Crippen molar-refractivity contribution in [2.45, 2.75) is 17.2 Å². The molecule has 0 saturated heterocycles. The molecule has 0 aliphatic carbocycles. The third-order valence-electron chi connectivity index (χ3n) is 2.81. The van der Waals surface area contributed by atoms with Crippen molar-refractivity contribution < 1.29 is 8.60 Å². The molecule has 0 aliphatic heterocycles. The fourth-order valence-corrected chi connectivity index (χ4v) is 3.95. The van der Waals surface area contributed by atoms with Gasteiger partial charge in [0.2, 0.25) is 0 Å². The van der Waals surface area contributed by atoms with Crippen LogP contribution in [0.15, 0.2) is 41.3 Å². The third kappa shape index (κ3) is 3.20. The van der Waals surface area contributed by atoms with Crippen molar-refractivity contribution in [2.24, 2.45) is 5.73 Å². The highest BCUT2D eigenvalue weighted by Gasteiger charge is 2.16. The van der Waals surface area contributed by atoms with E-state index in [0.29, 0.717) is 26.1 Å². The summed E-state index contributed by atoms with van der Waals surface area (Å²) in [6.07, 6.45) is 0. The Kier molecular flexibility index (Phi) is 5.16. The number of halogens is 3. The van der Waals surface area contributed by atoms with Crippen LogP contribution in [0, 0.1) is 5.82 Å². The van der Waals surface area contributed by atoms with Gasteiger partial charge in [0, 0.05) is 17.7 Å². The molecule has 1 atom stereocenters. The Balaban J connectivity index is 2.33. The van der Waals surface area contributed by atoms with Crippen LogP contribution in [-0.2, 0) is 23.1 Å². The second kappa shape index (κ2) is 6.68. The Morgan fingerprint density at radius 2 is 1.60 bits per heavy atom. The minimum absolute atomic E-state index is 0.00310. The van der Waals surface area contributed by atoms with E-state index in [4.69, 9.17) is 28.9 Å². The van der Waals surface area contributed by atoms with Crippen molar-refractivity contribution in [1.82, 2.24) is 0 Å². The summed E-state index contributed by atoms with van der Waals surface area (Å²) in [5.74, 6) is -0.421. The van der Waals surface area contributed by atoms with Crippen LogP contribution < -0.4 is 5.73 Å². The van der Waals surface area contributed by atoms with E-state index in [2.05, 4.69) is 0 Å². The highest BCUT2D eigenvalue weighted by atomic mass is 35.5. The average molecular weight is 332 g/mol. The Bertz CT molecular complexity index is 643. The number of rotatable bonds is 4. The zero-order valence-electron chi connectivity index (χ0n) is 10.4. The van der Waals surface area contributed by atoms with Gasteiger partial charge in [-0.25, -0.2) is 4.39 Å². The van der Waals surface area contributed by atoms with Crippen LogP contribution in [-0.4, -0.2) is 4.21 Å². The van der Waals surface area contributed by atoms with Crippen molar-refractivity contribution in [3.05, 3.63) is 63.4 Å². The summed E-state index contributed by atoms with van der Waals surface area (Å²) in [5, 5.41) is 0.623. The fourth-order valence-electron chi connectivity index (χ4n) is 1.82. The van der Waals surface area contributed by atoms with Gasteiger partial charge >= 0.3 is 0 Å².